The van der Waals surface area contributed by atoms with E-state index in [-0.39, 0.29) is 0 Å². The summed E-state index contributed by atoms with van der Waals surface area (Å²) in [6, 6.07) is 8.93. The van der Waals surface area contributed by atoms with Gasteiger partial charge in [0.15, 0.2) is 6.10 Å². The van der Waals surface area contributed by atoms with Crippen LogP contribution in [0.1, 0.15) is 38.7 Å². The van der Waals surface area contributed by atoms with E-state index in [0.717, 1.165) is 12.8 Å². The van der Waals surface area contributed by atoms with Crippen molar-refractivity contribution in [1.82, 2.24) is 0 Å². The number of ether oxygens (including phenoxy) is 2. The van der Waals surface area contributed by atoms with Crippen LogP contribution in [0.3, 0.4) is 0 Å². The quantitative estimate of drug-likeness (QED) is 0.782. The van der Waals surface area contributed by atoms with Crippen molar-refractivity contribution >= 4 is 11.9 Å². The first-order chi connectivity index (χ1) is 9.08. The summed E-state index contributed by atoms with van der Waals surface area (Å²) in [5, 5.41) is 0. The fourth-order valence-electron chi connectivity index (χ4n) is 2.10. The number of benzene rings is 1. The molecule has 4 heteroatoms. The van der Waals surface area contributed by atoms with E-state index in [1.807, 2.05) is 13.0 Å². The predicted octanol–water partition coefficient (Wildman–Crippen LogP) is 2.56. The molecule has 0 saturated carbocycles. The first kappa shape index (κ1) is 13.6. The summed E-state index contributed by atoms with van der Waals surface area (Å²) in [4.78, 5) is 24.1. The molecule has 0 N–H and O–H groups in total. The van der Waals surface area contributed by atoms with Crippen molar-refractivity contribution in [1.29, 1.82) is 0 Å². The lowest BCUT2D eigenvalue weighted by atomic mass is 9.94. The lowest BCUT2D eigenvalue weighted by Crippen LogP contribution is -2.49. The zero-order valence-electron chi connectivity index (χ0n) is 11.2. The maximum atomic E-state index is 12.1. The predicted molar refractivity (Wildman–Crippen MR) is 69.3 cm³/mol. The normalized spacial score (nSPS) is 26.7. The van der Waals surface area contributed by atoms with Gasteiger partial charge in [-0.15, -0.1) is 0 Å². The van der Waals surface area contributed by atoms with Crippen LogP contribution in [0, 0.1) is 0 Å². The van der Waals surface area contributed by atoms with E-state index in [2.05, 4.69) is 0 Å². The smallest absolute Gasteiger partial charge is 0.355 e. The zero-order chi connectivity index (χ0) is 13.9. The minimum atomic E-state index is -1.33. The van der Waals surface area contributed by atoms with E-state index in [1.54, 1.807) is 31.2 Å². The molecule has 2 rings (SSSR count). The minimum Gasteiger partial charge on any atom is -0.447 e. The van der Waals surface area contributed by atoms with Crippen LogP contribution in [0.2, 0.25) is 0 Å². The molecule has 0 amide bonds. The highest BCUT2D eigenvalue weighted by Gasteiger charge is 2.48. The number of esters is 2. The second-order valence-corrected chi connectivity index (χ2v) is 4.86. The van der Waals surface area contributed by atoms with E-state index in [1.165, 1.54) is 0 Å². The Morgan fingerprint density at radius 2 is 1.89 bits per heavy atom. The van der Waals surface area contributed by atoms with Gasteiger partial charge in [0.05, 0.1) is 0 Å². The number of carbonyl (C=O) groups is 2. The van der Waals surface area contributed by atoms with E-state index in [9.17, 15) is 9.59 Å². The number of carbonyl (C=O) groups excluding carboxylic acids is 2. The van der Waals surface area contributed by atoms with Crippen LogP contribution in [0.5, 0.6) is 0 Å². The molecule has 1 heterocycles. The Bertz CT molecular complexity index is 468. The Labute approximate surface area is 112 Å². The maximum Gasteiger partial charge on any atom is 0.355 e. The molecule has 0 aliphatic carbocycles. The number of cyclic esters (lactones) is 2. The lowest BCUT2D eigenvalue weighted by molar-refractivity contribution is -0.211. The molecule has 1 unspecified atom stereocenters. The van der Waals surface area contributed by atoms with Gasteiger partial charge in [-0.1, -0.05) is 43.7 Å². The molecule has 1 fully saturated rings. The third-order valence-electron chi connectivity index (χ3n) is 3.35. The standard InChI is InChI=1S/C15H18O4/c1-3-4-10-12-13(16)19-15(2,14(17)18-12)11-8-6-5-7-9-11/h5-9,12H,3-4,10H2,1-2H3/t12?,15-/m0/s1. The first-order valence-electron chi connectivity index (χ1n) is 6.57. The van der Waals surface area contributed by atoms with Crippen molar-refractivity contribution in [3.8, 4) is 0 Å². The molecule has 102 valence electrons. The van der Waals surface area contributed by atoms with Crippen LogP contribution < -0.4 is 0 Å². The fraction of sp³-hybridized carbons (Fsp3) is 0.467. The van der Waals surface area contributed by atoms with Gasteiger partial charge in [-0.3, -0.25) is 0 Å². The molecule has 0 bridgehead atoms. The molecule has 0 spiro atoms. The van der Waals surface area contributed by atoms with Crippen molar-refractivity contribution in [3.05, 3.63) is 35.9 Å². The molecule has 1 aromatic rings. The maximum absolute atomic E-state index is 12.1. The molecule has 4 nitrogen and oxygen atoms in total. The Morgan fingerprint density at radius 1 is 1.21 bits per heavy atom. The van der Waals surface area contributed by atoms with Crippen LogP contribution in [0.15, 0.2) is 30.3 Å². The van der Waals surface area contributed by atoms with E-state index in [0.29, 0.717) is 12.0 Å². The van der Waals surface area contributed by atoms with Crippen molar-refractivity contribution in [3.63, 3.8) is 0 Å². The SMILES string of the molecule is CCCCC1OC(=O)[C@](C)(c2ccccc2)OC1=O. The summed E-state index contributed by atoms with van der Waals surface area (Å²) < 4.78 is 10.6. The number of hydrogen-bond acceptors (Lipinski definition) is 4. The summed E-state index contributed by atoms with van der Waals surface area (Å²) in [6.45, 7) is 3.59. The summed E-state index contributed by atoms with van der Waals surface area (Å²) in [5.41, 5.74) is -0.705. The monoisotopic (exact) mass is 262 g/mol. The summed E-state index contributed by atoms with van der Waals surface area (Å²) in [7, 11) is 0. The highest BCUT2D eigenvalue weighted by Crippen LogP contribution is 2.32. The van der Waals surface area contributed by atoms with Gasteiger partial charge in [0, 0.05) is 5.56 Å². The van der Waals surface area contributed by atoms with Crippen LogP contribution in [-0.2, 0) is 24.7 Å². The molecule has 0 radical (unpaired) electrons. The number of unbranched alkanes of at least 4 members (excludes halogenated alkanes) is 1. The fourth-order valence-corrected chi connectivity index (χ4v) is 2.10. The van der Waals surface area contributed by atoms with Crippen LogP contribution in [-0.4, -0.2) is 18.0 Å². The Morgan fingerprint density at radius 3 is 2.53 bits per heavy atom. The molecule has 1 aliphatic heterocycles. The van der Waals surface area contributed by atoms with Gasteiger partial charge in [0.2, 0.25) is 5.60 Å². The lowest BCUT2D eigenvalue weighted by Gasteiger charge is -2.35. The third kappa shape index (κ3) is 2.62. The van der Waals surface area contributed by atoms with Crippen LogP contribution in [0.4, 0.5) is 0 Å². The highest BCUT2D eigenvalue weighted by atomic mass is 16.7. The summed E-state index contributed by atoms with van der Waals surface area (Å²) >= 11 is 0. The average molecular weight is 262 g/mol. The second kappa shape index (κ2) is 5.43. The van der Waals surface area contributed by atoms with Crippen molar-refractivity contribution < 1.29 is 19.1 Å². The molecule has 1 aromatic carbocycles. The van der Waals surface area contributed by atoms with E-state index < -0.39 is 23.6 Å². The number of hydrogen-bond donors (Lipinski definition) is 0. The summed E-state index contributed by atoms with van der Waals surface area (Å²) in [6.07, 6.45) is 1.53. The largest absolute Gasteiger partial charge is 0.447 e. The molecule has 1 aliphatic rings. The van der Waals surface area contributed by atoms with Gasteiger partial charge in [-0.05, 0) is 19.8 Å². The van der Waals surface area contributed by atoms with Gasteiger partial charge in [-0.25, -0.2) is 9.59 Å². The van der Waals surface area contributed by atoms with Gasteiger partial charge in [0.25, 0.3) is 0 Å². The molecule has 1 saturated heterocycles. The van der Waals surface area contributed by atoms with Crippen molar-refractivity contribution in [2.75, 3.05) is 0 Å². The van der Waals surface area contributed by atoms with Crippen LogP contribution in [0.25, 0.3) is 0 Å². The van der Waals surface area contributed by atoms with Gasteiger partial charge >= 0.3 is 11.9 Å². The Balaban J connectivity index is 2.18. The third-order valence-corrected chi connectivity index (χ3v) is 3.35. The molecule has 2 atom stereocenters. The van der Waals surface area contributed by atoms with Crippen molar-refractivity contribution in [2.45, 2.75) is 44.8 Å². The Kier molecular flexibility index (Phi) is 3.88. The molecule has 19 heavy (non-hydrogen) atoms. The topological polar surface area (TPSA) is 52.6 Å². The molecular formula is C15H18O4. The van der Waals surface area contributed by atoms with Gasteiger partial charge < -0.3 is 9.47 Å². The van der Waals surface area contributed by atoms with E-state index >= 15 is 0 Å². The minimum absolute atomic E-state index is 0.459. The van der Waals surface area contributed by atoms with Gasteiger partial charge in [-0.2, -0.15) is 0 Å². The van der Waals surface area contributed by atoms with Gasteiger partial charge in [0.1, 0.15) is 0 Å². The highest BCUT2D eigenvalue weighted by molar-refractivity contribution is 5.91. The Hall–Kier alpha value is -1.84. The first-order valence-corrected chi connectivity index (χ1v) is 6.57. The number of rotatable bonds is 4. The summed E-state index contributed by atoms with van der Waals surface area (Å²) in [5.74, 6) is -0.959. The molecular weight excluding hydrogens is 244 g/mol. The second-order valence-electron chi connectivity index (χ2n) is 4.86. The molecule has 0 aromatic heterocycles. The van der Waals surface area contributed by atoms with Crippen LogP contribution >= 0.6 is 0 Å². The van der Waals surface area contributed by atoms with E-state index in [4.69, 9.17) is 9.47 Å². The van der Waals surface area contributed by atoms with Crippen molar-refractivity contribution in [2.24, 2.45) is 0 Å². The average Bonchev–Trinajstić information content (AvgIpc) is 2.42. The zero-order valence-corrected chi connectivity index (χ0v) is 11.2.